The number of likely N-dealkylation sites (tertiary alicyclic amines) is 1. The summed E-state index contributed by atoms with van der Waals surface area (Å²) in [7, 11) is 0. The van der Waals surface area contributed by atoms with Gasteiger partial charge in [-0.3, -0.25) is 14.9 Å². The van der Waals surface area contributed by atoms with Gasteiger partial charge in [-0.1, -0.05) is 0 Å². The third-order valence-electron chi connectivity index (χ3n) is 4.56. The highest BCUT2D eigenvalue weighted by molar-refractivity contribution is 5.85. The minimum Gasteiger partial charge on any atom is -0.381 e. The summed E-state index contributed by atoms with van der Waals surface area (Å²) in [4.78, 5) is 24.4. The molecule has 3 atom stereocenters. The summed E-state index contributed by atoms with van der Waals surface area (Å²) < 4.78 is 0. The summed E-state index contributed by atoms with van der Waals surface area (Å²) in [6.07, 6.45) is 2.26. The lowest BCUT2D eigenvalue weighted by Gasteiger charge is -2.23. The number of carbonyl (C=O) groups is 1. The van der Waals surface area contributed by atoms with E-state index in [1.54, 1.807) is 17.0 Å². The van der Waals surface area contributed by atoms with Crippen LogP contribution < -0.4 is 10.6 Å². The van der Waals surface area contributed by atoms with E-state index in [1.807, 2.05) is 0 Å². The Balaban J connectivity index is 0.00000225. The summed E-state index contributed by atoms with van der Waals surface area (Å²) >= 11 is 0. The van der Waals surface area contributed by atoms with E-state index in [1.165, 1.54) is 12.1 Å². The van der Waals surface area contributed by atoms with Crippen LogP contribution in [0.3, 0.4) is 0 Å². The van der Waals surface area contributed by atoms with Gasteiger partial charge in [-0.15, -0.1) is 12.4 Å². The van der Waals surface area contributed by atoms with Crippen molar-refractivity contribution in [2.75, 3.05) is 18.4 Å². The average Bonchev–Trinajstić information content (AvgIpc) is 3.23. The molecule has 0 aliphatic carbocycles. The van der Waals surface area contributed by atoms with Crippen LogP contribution in [0.25, 0.3) is 0 Å². The molecule has 1 aromatic carbocycles. The van der Waals surface area contributed by atoms with Gasteiger partial charge in [0.1, 0.15) is 6.04 Å². The maximum absolute atomic E-state index is 12.5. The number of nitrogens with one attached hydrogen (secondary N) is 2. The molecular formula is C16H20ClN5O3. The lowest BCUT2D eigenvalue weighted by Crippen LogP contribution is -2.45. The van der Waals surface area contributed by atoms with E-state index < -0.39 is 4.92 Å². The molecule has 0 bridgehead atoms. The molecule has 2 fully saturated rings. The van der Waals surface area contributed by atoms with Crippen LogP contribution in [0.2, 0.25) is 0 Å². The molecule has 2 aliphatic heterocycles. The van der Waals surface area contributed by atoms with Crippen molar-refractivity contribution in [2.24, 2.45) is 0 Å². The zero-order valence-electron chi connectivity index (χ0n) is 13.6. The molecule has 9 heteroatoms. The number of benzene rings is 1. The Labute approximate surface area is 151 Å². The number of hydrogen-bond donors (Lipinski definition) is 2. The SMILES string of the molecule is Cl.N#CC1CCCN1C(=O)[C@@H]1C[C@H](Nc2ccc([N+](=O)[O-])cc2)CN1. The van der Waals surface area contributed by atoms with E-state index in [-0.39, 0.29) is 42.1 Å². The van der Waals surface area contributed by atoms with Crippen molar-refractivity contribution in [3.05, 3.63) is 34.4 Å². The molecule has 0 saturated carbocycles. The molecule has 2 heterocycles. The van der Waals surface area contributed by atoms with E-state index in [0.717, 1.165) is 18.5 Å². The van der Waals surface area contributed by atoms with Gasteiger partial charge in [-0.05, 0) is 31.4 Å². The minimum absolute atomic E-state index is 0. The average molecular weight is 366 g/mol. The highest BCUT2D eigenvalue weighted by Gasteiger charge is 2.36. The Hall–Kier alpha value is -2.37. The largest absolute Gasteiger partial charge is 0.381 e. The molecule has 134 valence electrons. The predicted octanol–water partition coefficient (Wildman–Crippen LogP) is 1.67. The number of carbonyl (C=O) groups excluding carboxylic acids is 1. The molecule has 2 aliphatic rings. The van der Waals surface area contributed by atoms with E-state index in [4.69, 9.17) is 5.26 Å². The number of nitro benzene ring substituents is 1. The van der Waals surface area contributed by atoms with Crippen molar-refractivity contribution < 1.29 is 9.72 Å². The molecule has 1 amide bonds. The van der Waals surface area contributed by atoms with E-state index in [9.17, 15) is 14.9 Å². The second kappa shape index (κ2) is 8.14. The summed E-state index contributed by atoms with van der Waals surface area (Å²) in [6, 6.07) is 7.91. The third-order valence-corrected chi connectivity index (χ3v) is 4.56. The molecular weight excluding hydrogens is 346 g/mol. The zero-order valence-corrected chi connectivity index (χ0v) is 14.4. The summed E-state index contributed by atoms with van der Waals surface area (Å²) in [6.45, 7) is 1.29. The fraction of sp³-hybridized carbons (Fsp3) is 0.500. The maximum atomic E-state index is 12.5. The summed E-state index contributed by atoms with van der Waals surface area (Å²) in [5, 5.41) is 26.3. The van der Waals surface area contributed by atoms with Gasteiger partial charge in [0.15, 0.2) is 0 Å². The topological polar surface area (TPSA) is 111 Å². The predicted molar refractivity (Wildman–Crippen MR) is 94.5 cm³/mol. The number of halogens is 1. The van der Waals surface area contributed by atoms with Crippen LogP contribution in [0.4, 0.5) is 11.4 Å². The number of anilines is 1. The first-order valence-corrected chi connectivity index (χ1v) is 8.03. The standard InChI is InChI=1S/C16H19N5O3.ClH/c17-9-14-2-1-7-20(14)16(22)15-8-12(10-18-15)19-11-3-5-13(6-4-11)21(23)24;/h3-6,12,14-15,18-19H,1-2,7-8,10H2;1H/t12-,14?,15-;/m0./s1. The highest BCUT2D eigenvalue weighted by Crippen LogP contribution is 2.22. The lowest BCUT2D eigenvalue weighted by molar-refractivity contribution is -0.384. The second-order valence-corrected chi connectivity index (χ2v) is 6.16. The second-order valence-electron chi connectivity index (χ2n) is 6.16. The molecule has 2 N–H and O–H groups in total. The third kappa shape index (κ3) is 4.18. The quantitative estimate of drug-likeness (QED) is 0.620. The molecule has 0 radical (unpaired) electrons. The van der Waals surface area contributed by atoms with Gasteiger partial charge >= 0.3 is 0 Å². The van der Waals surface area contributed by atoms with Crippen LogP contribution in [0.1, 0.15) is 19.3 Å². The van der Waals surface area contributed by atoms with Gasteiger partial charge in [0.05, 0.1) is 17.0 Å². The van der Waals surface area contributed by atoms with Crippen LogP contribution in [0.15, 0.2) is 24.3 Å². The monoisotopic (exact) mass is 365 g/mol. The number of rotatable bonds is 4. The molecule has 1 unspecified atom stereocenters. The number of amides is 1. The summed E-state index contributed by atoms with van der Waals surface area (Å²) in [5.74, 6) is -0.00736. The van der Waals surface area contributed by atoms with Crippen LogP contribution in [-0.2, 0) is 4.79 Å². The molecule has 0 spiro atoms. The number of nitrogens with zero attached hydrogens (tertiary/aromatic N) is 3. The van der Waals surface area contributed by atoms with Gasteiger partial charge in [0.2, 0.25) is 5.91 Å². The smallest absolute Gasteiger partial charge is 0.269 e. The molecule has 2 saturated heterocycles. The zero-order chi connectivity index (χ0) is 17.1. The van der Waals surface area contributed by atoms with Crippen molar-refractivity contribution >= 4 is 29.7 Å². The van der Waals surface area contributed by atoms with E-state index >= 15 is 0 Å². The van der Waals surface area contributed by atoms with Crippen LogP contribution in [-0.4, -0.2) is 46.9 Å². The molecule has 25 heavy (non-hydrogen) atoms. The first-order valence-electron chi connectivity index (χ1n) is 8.03. The molecule has 8 nitrogen and oxygen atoms in total. The fourth-order valence-electron chi connectivity index (χ4n) is 3.31. The molecule has 1 aromatic rings. The van der Waals surface area contributed by atoms with Gasteiger partial charge < -0.3 is 15.5 Å². The Morgan fingerprint density at radius 3 is 2.76 bits per heavy atom. The van der Waals surface area contributed by atoms with Crippen molar-refractivity contribution in [1.29, 1.82) is 5.26 Å². The van der Waals surface area contributed by atoms with Crippen molar-refractivity contribution in [3.8, 4) is 6.07 Å². The normalized spacial score (nSPS) is 25.1. The van der Waals surface area contributed by atoms with Gasteiger partial charge in [0, 0.05) is 37.0 Å². The van der Waals surface area contributed by atoms with Crippen LogP contribution in [0.5, 0.6) is 0 Å². The number of nitriles is 1. The Morgan fingerprint density at radius 1 is 1.40 bits per heavy atom. The van der Waals surface area contributed by atoms with Gasteiger partial charge in [-0.25, -0.2) is 0 Å². The van der Waals surface area contributed by atoms with E-state index in [0.29, 0.717) is 19.5 Å². The van der Waals surface area contributed by atoms with Gasteiger partial charge in [-0.2, -0.15) is 5.26 Å². The first kappa shape index (κ1) is 19.0. The van der Waals surface area contributed by atoms with Crippen LogP contribution in [0, 0.1) is 21.4 Å². The van der Waals surface area contributed by atoms with Crippen LogP contribution >= 0.6 is 12.4 Å². The Bertz CT molecular complexity index is 675. The minimum atomic E-state index is -0.433. The Morgan fingerprint density at radius 2 is 2.12 bits per heavy atom. The fourth-order valence-corrected chi connectivity index (χ4v) is 3.31. The van der Waals surface area contributed by atoms with Crippen molar-refractivity contribution in [3.63, 3.8) is 0 Å². The van der Waals surface area contributed by atoms with Crippen molar-refractivity contribution in [2.45, 2.75) is 37.4 Å². The van der Waals surface area contributed by atoms with Gasteiger partial charge in [0.25, 0.3) is 5.69 Å². The maximum Gasteiger partial charge on any atom is 0.269 e. The lowest BCUT2D eigenvalue weighted by atomic mass is 10.1. The Kier molecular flexibility index (Phi) is 6.17. The number of non-ortho nitro benzene ring substituents is 1. The number of nitro groups is 1. The van der Waals surface area contributed by atoms with Crippen molar-refractivity contribution in [1.82, 2.24) is 10.2 Å². The first-order chi connectivity index (χ1) is 11.6. The highest BCUT2D eigenvalue weighted by atomic mass is 35.5. The van der Waals surface area contributed by atoms with E-state index in [2.05, 4.69) is 16.7 Å². The molecule has 3 rings (SSSR count). The number of hydrogen-bond acceptors (Lipinski definition) is 6. The molecule has 0 aromatic heterocycles. The summed E-state index contributed by atoms with van der Waals surface area (Å²) in [5.41, 5.74) is 0.839.